The van der Waals surface area contributed by atoms with Gasteiger partial charge in [0, 0.05) is 19.7 Å². The van der Waals surface area contributed by atoms with Crippen LogP contribution in [0, 0.1) is 10.1 Å². The number of rotatable bonds is 3. The SMILES string of the molecule is CNc1ccc(CN)cc1[N+](=O)[O-]. The zero-order valence-electron chi connectivity index (χ0n) is 7.28. The molecule has 5 heteroatoms. The van der Waals surface area contributed by atoms with E-state index in [1.165, 1.54) is 6.07 Å². The van der Waals surface area contributed by atoms with Crippen LogP contribution in [0.5, 0.6) is 0 Å². The molecule has 0 heterocycles. The molecule has 1 aromatic rings. The maximum absolute atomic E-state index is 10.6. The van der Waals surface area contributed by atoms with Crippen LogP contribution in [-0.2, 0) is 6.54 Å². The Balaban J connectivity index is 3.18. The minimum absolute atomic E-state index is 0.0606. The summed E-state index contributed by atoms with van der Waals surface area (Å²) in [5, 5.41) is 13.3. The summed E-state index contributed by atoms with van der Waals surface area (Å²) in [7, 11) is 1.64. The minimum Gasteiger partial charge on any atom is -0.383 e. The summed E-state index contributed by atoms with van der Waals surface area (Å²) in [6.45, 7) is 0.310. The standard InChI is InChI=1S/C8H11N3O2/c1-10-7-3-2-6(5-9)4-8(7)11(12)13/h2-4,10H,5,9H2,1H3. The fourth-order valence-corrected chi connectivity index (χ4v) is 1.07. The number of hydrogen-bond acceptors (Lipinski definition) is 4. The Morgan fingerprint density at radius 2 is 2.31 bits per heavy atom. The summed E-state index contributed by atoms with van der Waals surface area (Å²) < 4.78 is 0. The number of nitrogens with one attached hydrogen (secondary N) is 1. The van der Waals surface area contributed by atoms with E-state index in [4.69, 9.17) is 5.73 Å². The monoisotopic (exact) mass is 181 g/mol. The lowest BCUT2D eigenvalue weighted by atomic mass is 10.2. The molecule has 0 amide bonds. The number of benzene rings is 1. The van der Waals surface area contributed by atoms with Gasteiger partial charge in [-0.1, -0.05) is 6.07 Å². The lowest BCUT2D eigenvalue weighted by Crippen LogP contribution is -2.00. The molecule has 0 spiro atoms. The molecule has 0 unspecified atom stereocenters. The molecule has 1 rings (SSSR count). The molecule has 3 N–H and O–H groups in total. The molecule has 0 atom stereocenters. The van der Waals surface area contributed by atoms with E-state index in [0.29, 0.717) is 12.2 Å². The smallest absolute Gasteiger partial charge is 0.292 e. The van der Waals surface area contributed by atoms with Gasteiger partial charge in [0.2, 0.25) is 0 Å². The fraction of sp³-hybridized carbons (Fsp3) is 0.250. The molecule has 0 radical (unpaired) electrons. The van der Waals surface area contributed by atoms with Crippen molar-refractivity contribution in [1.29, 1.82) is 0 Å². The van der Waals surface area contributed by atoms with Gasteiger partial charge < -0.3 is 11.1 Å². The third kappa shape index (κ3) is 1.94. The zero-order valence-corrected chi connectivity index (χ0v) is 7.28. The summed E-state index contributed by atoms with van der Waals surface area (Å²) in [6, 6.07) is 4.89. The molecule has 0 saturated carbocycles. The molecule has 0 aromatic heterocycles. The van der Waals surface area contributed by atoms with Crippen molar-refractivity contribution in [3.05, 3.63) is 33.9 Å². The van der Waals surface area contributed by atoms with Crippen molar-refractivity contribution in [2.24, 2.45) is 5.73 Å². The van der Waals surface area contributed by atoms with Crippen LogP contribution >= 0.6 is 0 Å². The normalized spacial score (nSPS) is 9.69. The Hall–Kier alpha value is -1.62. The molecule has 0 bridgehead atoms. The number of nitro benzene ring substituents is 1. The molecule has 13 heavy (non-hydrogen) atoms. The molecule has 0 aliphatic carbocycles. The highest BCUT2D eigenvalue weighted by atomic mass is 16.6. The molecule has 0 fully saturated rings. The van der Waals surface area contributed by atoms with Gasteiger partial charge in [-0.25, -0.2) is 0 Å². The second kappa shape index (κ2) is 3.86. The average Bonchev–Trinajstić information content (AvgIpc) is 2.16. The van der Waals surface area contributed by atoms with Crippen molar-refractivity contribution in [1.82, 2.24) is 0 Å². The predicted octanol–water partition coefficient (Wildman–Crippen LogP) is 1.10. The lowest BCUT2D eigenvalue weighted by molar-refractivity contribution is -0.384. The van der Waals surface area contributed by atoms with E-state index in [0.717, 1.165) is 5.56 Å². The van der Waals surface area contributed by atoms with Crippen LogP contribution < -0.4 is 11.1 Å². The minimum atomic E-state index is -0.426. The topological polar surface area (TPSA) is 81.2 Å². The maximum Gasteiger partial charge on any atom is 0.292 e. The van der Waals surface area contributed by atoms with Gasteiger partial charge in [-0.3, -0.25) is 10.1 Å². The van der Waals surface area contributed by atoms with Crippen molar-refractivity contribution in [2.75, 3.05) is 12.4 Å². The van der Waals surface area contributed by atoms with Crippen molar-refractivity contribution in [3.8, 4) is 0 Å². The largest absolute Gasteiger partial charge is 0.383 e. The van der Waals surface area contributed by atoms with E-state index in [9.17, 15) is 10.1 Å². The average molecular weight is 181 g/mol. The number of nitrogens with two attached hydrogens (primary N) is 1. The number of anilines is 1. The van der Waals surface area contributed by atoms with Crippen molar-refractivity contribution < 1.29 is 4.92 Å². The maximum atomic E-state index is 10.6. The van der Waals surface area contributed by atoms with Crippen LogP contribution in [0.4, 0.5) is 11.4 Å². The van der Waals surface area contributed by atoms with Crippen molar-refractivity contribution in [3.63, 3.8) is 0 Å². The molecule has 5 nitrogen and oxygen atoms in total. The van der Waals surface area contributed by atoms with Crippen LogP contribution in [0.2, 0.25) is 0 Å². The van der Waals surface area contributed by atoms with Gasteiger partial charge in [-0.05, 0) is 11.6 Å². The first-order valence-corrected chi connectivity index (χ1v) is 3.84. The van der Waals surface area contributed by atoms with E-state index < -0.39 is 4.92 Å². The van der Waals surface area contributed by atoms with Crippen LogP contribution in [0.25, 0.3) is 0 Å². The van der Waals surface area contributed by atoms with Crippen molar-refractivity contribution >= 4 is 11.4 Å². The fourth-order valence-electron chi connectivity index (χ4n) is 1.07. The highest BCUT2D eigenvalue weighted by Gasteiger charge is 2.12. The van der Waals surface area contributed by atoms with E-state index in [1.54, 1.807) is 19.2 Å². The quantitative estimate of drug-likeness (QED) is 0.540. The van der Waals surface area contributed by atoms with Crippen LogP contribution in [0.1, 0.15) is 5.56 Å². The Morgan fingerprint density at radius 3 is 2.77 bits per heavy atom. The molecular weight excluding hydrogens is 170 g/mol. The Morgan fingerprint density at radius 1 is 1.62 bits per heavy atom. The van der Waals surface area contributed by atoms with Gasteiger partial charge in [0.15, 0.2) is 0 Å². The van der Waals surface area contributed by atoms with Gasteiger partial charge in [0.25, 0.3) is 5.69 Å². The van der Waals surface area contributed by atoms with E-state index in [1.807, 2.05) is 0 Å². The lowest BCUT2D eigenvalue weighted by Gasteiger charge is -2.03. The highest BCUT2D eigenvalue weighted by Crippen LogP contribution is 2.24. The Bertz CT molecular complexity index is 325. The van der Waals surface area contributed by atoms with Crippen molar-refractivity contribution in [2.45, 2.75) is 6.54 Å². The number of hydrogen-bond donors (Lipinski definition) is 2. The van der Waals surface area contributed by atoms with Gasteiger partial charge in [0.05, 0.1) is 4.92 Å². The molecule has 1 aromatic carbocycles. The summed E-state index contributed by atoms with van der Waals surface area (Å²) in [5.74, 6) is 0. The third-order valence-corrected chi connectivity index (χ3v) is 1.76. The summed E-state index contributed by atoms with van der Waals surface area (Å²) in [4.78, 5) is 10.1. The molecule has 0 aliphatic rings. The second-order valence-electron chi connectivity index (χ2n) is 2.56. The Kier molecular flexibility index (Phi) is 2.81. The summed E-state index contributed by atoms with van der Waals surface area (Å²) >= 11 is 0. The summed E-state index contributed by atoms with van der Waals surface area (Å²) in [6.07, 6.45) is 0. The van der Waals surface area contributed by atoms with Crippen LogP contribution in [0.3, 0.4) is 0 Å². The first kappa shape index (κ1) is 9.47. The third-order valence-electron chi connectivity index (χ3n) is 1.76. The van der Waals surface area contributed by atoms with Gasteiger partial charge >= 0.3 is 0 Å². The zero-order chi connectivity index (χ0) is 9.84. The van der Waals surface area contributed by atoms with Gasteiger partial charge in [-0.2, -0.15) is 0 Å². The first-order chi connectivity index (χ1) is 6.19. The van der Waals surface area contributed by atoms with E-state index in [-0.39, 0.29) is 5.69 Å². The van der Waals surface area contributed by atoms with Crippen LogP contribution in [0.15, 0.2) is 18.2 Å². The van der Waals surface area contributed by atoms with Gasteiger partial charge in [-0.15, -0.1) is 0 Å². The molecule has 70 valence electrons. The molecule has 0 saturated heterocycles. The predicted molar refractivity (Wildman–Crippen MR) is 50.5 cm³/mol. The van der Waals surface area contributed by atoms with Crippen LogP contribution in [-0.4, -0.2) is 12.0 Å². The molecule has 0 aliphatic heterocycles. The number of nitrogens with zero attached hydrogens (tertiary/aromatic N) is 1. The Labute approximate surface area is 75.7 Å². The number of nitro groups is 1. The van der Waals surface area contributed by atoms with Gasteiger partial charge in [0.1, 0.15) is 5.69 Å². The van der Waals surface area contributed by atoms with E-state index in [2.05, 4.69) is 5.32 Å². The highest BCUT2D eigenvalue weighted by molar-refractivity contribution is 5.62. The second-order valence-corrected chi connectivity index (χ2v) is 2.56. The van der Waals surface area contributed by atoms with E-state index >= 15 is 0 Å². The molecular formula is C8H11N3O2. The summed E-state index contributed by atoms with van der Waals surface area (Å²) in [5.41, 5.74) is 6.69. The first-order valence-electron chi connectivity index (χ1n) is 3.84.